The number of rotatable bonds is 8. The monoisotopic (exact) mass is 327 g/mol. The van der Waals surface area contributed by atoms with Gasteiger partial charge in [-0.1, -0.05) is 42.5 Å². The highest BCUT2D eigenvalue weighted by Gasteiger charge is 2.03. The minimum atomic E-state index is -0.348. The van der Waals surface area contributed by atoms with Gasteiger partial charge in [-0.2, -0.15) is 0 Å². The Morgan fingerprint density at radius 2 is 2.00 bits per heavy atom. The average molecular weight is 327 g/mol. The third-order valence-electron chi connectivity index (χ3n) is 3.14. The molecule has 0 spiro atoms. The second-order valence-electron chi connectivity index (χ2n) is 5.23. The van der Waals surface area contributed by atoms with E-state index in [1.165, 1.54) is 6.08 Å². The van der Waals surface area contributed by atoms with Crippen molar-refractivity contribution in [2.75, 3.05) is 13.1 Å². The molecule has 2 aromatic rings. The van der Waals surface area contributed by atoms with E-state index in [2.05, 4.69) is 20.9 Å². The fourth-order valence-electron chi connectivity index (χ4n) is 1.95. The van der Waals surface area contributed by atoms with Crippen LogP contribution >= 0.6 is 0 Å². The minimum absolute atomic E-state index is 0.0378. The van der Waals surface area contributed by atoms with E-state index in [-0.39, 0.29) is 18.4 Å². The van der Waals surface area contributed by atoms with Crippen molar-refractivity contribution in [3.63, 3.8) is 0 Å². The molecular weight excluding hydrogens is 306 g/mol. The van der Waals surface area contributed by atoms with Crippen LogP contribution in [0.3, 0.4) is 0 Å². The van der Waals surface area contributed by atoms with E-state index in [4.69, 9.17) is 0 Å². The first-order valence-corrected chi connectivity index (χ1v) is 7.84. The first-order chi connectivity index (χ1) is 11.7. The van der Waals surface area contributed by atoms with E-state index in [0.29, 0.717) is 18.8 Å². The second kappa shape index (κ2) is 9.24. The molecular formula is C17H21N5O2. The van der Waals surface area contributed by atoms with Crippen molar-refractivity contribution >= 4 is 17.9 Å². The van der Waals surface area contributed by atoms with Crippen LogP contribution in [0.2, 0.25) is 0 Å². The molecule has 1 heterocycles. The van der Waals surface area contributed by atoms with Crippen molar-refractivity contribution in [1.82, 2.24) is 25.6 Å². The largest absolute Gasteiger partial charge is 0.355 e. The molecule has 0 saturated heterocycles. The zero-order chi connectivity index (χ0) is 17.2. The zero-order valence-electron chi connectivity index (χ0n) is 13.6. The van der Waals surface area contributed by atoms with Crippen LogP contribution in [-0.2, 0) is 16.1 Å². The van der Waals surface area contributed by atoms with Gasteiger partial charge in [-0.15, -0.1) is 5.10 Å². The van der Waals surface area contributed by atoms with Gasteiger partial charge in [0.2, 0.25) is 11.8 Å². The number of amides is 2. The summed E-state index contributed by atoms with van der Waals surface area (Å²) in [6.07, 6.45) is 5.51. The second-order valence-corrected chi connectivity index (χ2v) is 5.23. The summed E-state index contributed by atoms with van der Waals surface area (Å²) in [5.74, 6) is -0.549. The number of carbonyl (C=O) groups is 2. The molecule has 2 rings (SSSR count). The van der Waals surface area contributed by atoms with Gasteiger partial charge in [0.15, 0.2) is 0 Å². The molecule has 0 bridgehead atoms. The highest BCUT2D eigenvalue weighted by Crippen LogP contribution is 2.03. The van der Waals surface area contributed by atoms with Crippen molar-refractivity contribution in [3.8, 4) is 0 Å². The lowest BCUT2D eigenvalue weighted by Gasteiger charge is -2.03. The molecule has 126 valence electrons. The summed E-state index contributed by atoms with van der Waals surface area (Å²) in [5.41, 5.74) is 1.70. The van der Waals surface area contributed by atoms with Crippen molar-refractivity contribution < 1.29 is 9.59 Å². The summed E-state index contributed by atoms with van der Waals surface area (Å²) in [7, 11) is 0. The van der Waals surface area contributed by atoms with Gasteiger partial charge in [0, 0.05) is 12.6 Å². The molecule has 0 aliphatic carbocycles. The molecule has 0 aliphatic heterocycles. The maximum absolute atomic E-state index is 11.7. The molecule has 2 N–H and O–H groups in total. The number of benzene rings is 1. The summed E-state index contributed by atoms with van der Waals surface area (Å²) in [5, 5.41) is 13.2. The van der Waals surface area contributed by atoms with Crippen molar-refractivity contribution in [1.29, 1.82) is 0 Å². The Morgan fingerprint density at radius 1 is 1.21 bits per heavy atom. The van der Waals surface area contributed by atoms with Gasteiger partial charge in [-0.25, -0.2) is 4.68 Å². The van der Waals surface area contributed by atoms with E-state index in [9.17, 15) is 9.59 Å². The number of hydrogen-bond donors (Lipinski definition) is 2. The van der Waals surface area contributed by atoms with Crippen LogP contribution < -0.4 is 10.6 Å². The fourth-order valence-corrected chi connectivity index (χ4v) is 1.95. The summed E-state index contributed by atoms with van der Waals surface area (Å²) < 4.78 is 1.70. The zero-order valence-corrected chi connectivity index (χ0v) is 13.6. The number of carbonyl (C=O) groups excluding carboxylic acids is 2. The van der Waals surface area contributed by atoms with Crippen LogP contribution in [-0.4, -0.2) is 39.9 Å². The summed E-state index contributed by atoms with van der Waals surface area (Å²) in [4.78, 5) is 23.0. The molecule has 1 aromatic carbocycles. The maximum Gasteiger partial charge on any atom is 0.244 e. The van der Waals surface area contributed by atoms with Crippen molar-refractivity contribution in [3.05, 3.63) is 53.9 Å². The first kappa shape index (κ1) is 17.4. The molecule has 24 heavy (non-hydrogen) atoms. The summed E-state index contributed by atoms with van der Waals surface area (Å²) in [6, 6.07) is 9.91. The normalized spacial score (nSPS) is 10.7. The lowest BCUT2D eigenvalue weighted by molar-refractivity contribution is -0.123. The molecule has 2 amide bonds. The van der Waals surface area contributed by atoms with Gasteiger partial charge >= 0.3 is 0 Å². The predicted molar refractivity (Wildman–Crippen MR) is 90.9 cm³/mol. The lowest BCUT2D eigenvalue weighted by Crippen LogP contribution is -2.36. The third kappa shape index (κ3) is 6.04. The number of nitrogens with zero attached hydrogens (tertiary/aromatic N) is 3. The highest BCUT2D eigenvalue weighted by atomic mass is 16.2. The predicted octanol–water partition coefficient (Wildman–Crippen LogP) is 0.982. The Bertz CT molecular complexity index is 694. The Hall–Kier alpha value is -2.96. The number of nitrogens with one attached hydrogen (secondary N) is 2. The maximum atomic E-state index is 11.7. The molecule has 7 nitrogen and oxygen atoms in total. The Kier molecular flexibility index (Phi) is 6.70. The van der Waals surface area contributed by atoms with Crippen LogP contribution in [0.25, 0.3) is 6.08 Å². The summed E-state index contributed by atoms with van der Waals surface area (Å²) in [6.45, 7) is 3.15. The first-order valence-electron chi connectivity index (χ1n) is 7.84. The van der Waals surface area contributed by atoms with Crippen molar-refractivity contribution in [2.24, 2.45) is 0 Å². The third-order valence-corrected chi connectivity index (χ3v) is 3.14. The minimum Gasteiger partial charge on any atom is -0.355 e. The molecule has 0 aliphatic rings. The standard InChI is InChI=1S/C17H21N5O2/c1-2-10-18-17(24)11-19-16(23)9-8-15-13-22(21-20-15)12-14-6-4-3-5-7-14/h3-9,13H,2,10-12H2,1H3,(H,18,24)(H,19,23)/b9-8+. The average Bonchev–Trinajstić information content (AvgIpc) is 3.04. The number of hydrogen-bond acceptors (Lipinski definition) is 4. The molecule has 0 unspecified atom stereocenters. The molecule has 1 aromatic heterocycles. The smallest absolute Gasteiger partial charge is 0.244 e. The van der Waals surface area contributed by atoms with E-state index in [1.54, 1.807) is 17.0 Å². The van der Waals surface area contributed by atoms with E-state index in [0.717, 1.165) is 12.0 Å². The van der Waals surface area contributed by atoms with Crippen LogP contribution in [0.1, 0.15) is 24.6 Å². The van der Waals surface area contributed by atoms with Gasteiger partial charge in [-0.3, -0.25) is 9.59 Å². The molecule has 0 radical (unpaired) electrons. The van der Waals surface area contributed by atoms with Gasteiger partial charge in [0.05, 0.1) is 19.3 Å². The van der Waals surface area contributed by atoms with Gasteiger partial charge in [-0.05, 0) is 18.1 Å². The highest BCUT2D eigenvalue weighted by molar-refractivity contribution is 5.94. The molecule has 0 saturated carbocycles. The van der Waals surface area contributed by atoms with Crippen LogP contribution in [0.4, 0.5) is 0 Å². The van der Waals surface area contributed by atoms with E-state index >= 15 is 0 Å². The number of aromatic nitrogens is 3. The molecule has 0 atom stereocenters. The quantitative estimate of drug-likeness (QED) is 0.708. The van der Waals surface area contributed by atoms with Crippen LogP contribution in [0.15, 0.2) is 42.6 Å². The SMILES string of the molecule is CCCNC(=O)CNC(=O)/C=C/c1cn(Cc2ccccc2)nn1. The van der Waals surface area contributed by atoms with Crippen molar-refractivity contribution in [2.45, 2.75) is 19.9 Å². The topological polar surface area (TPSA) is 88.9 Å². The lowest BCUT2D eigenvalue weighted by atomic mass is 10.2. The van der Waals surface area contributed by atoms with Gasteiger partial charge < -0.3 is 10.6 Å². The van der Waals surface area contributed by atoms with Gasteiger partial charge in [0.1, 0.15) is 5.69 Å². The Balaban J connectivity index is 1.79. The Morgan fingerprint density at radius 3 is 2.75 bits per heavy atom. The molecule has 7 heteroatoms. The van der Waals surface area contributed by atoms with Gasteiger partial charge in [0.25, 0.3) is 0 Å². The van der Waals surface area contributed by atoms with Crippen LogP contribution in [0.5, 0.6) is 0 Å². The van der Waals surface area contributed by atoms with E-state index < -0.39 is 0 Å². The fraction of sp³-hybridized carbons (Fsp3) is 0.294. The Labute approximate surface area is 140 Å². The molecule has 0 fully saturated rings. The van der Waals surface area contributed by atoms with Crippen LogP contribution in [0, 0.1) is 0 Å². The summed E-state index contributed by atoms with van der Waals surface area (Å²) >= 11 is 0. The van der Waals surface area contributed by atoms with E-state index in [1.807, 2.05) is 37.3 Å².